The van der Waals surface area contributed by atoms with E-state index in [0.717, 1.165) is 44.3 Å². The summed E-state index contributed by atoms with van der Waals surface area (Å²) in [6, 6.07) is 8.13. The summed E-state index contributed by atoms with van der Waals surface area (Å²) in [4.78, 5) is 0. The van der Waals surface area contributed by atoms with Crippen LogP contribution in [0.15, 0.2) is 36.4 Å². The SMILES string of the molecule is CCCC1CCC(C2CCC(c3ccc(-c4cc(F)c(C(F)(F)OC(F)(F)F)c(F)c4)cc3)CC2)OC1. The molecule has 2 aromatic carbocycles. The molecule has 4 rings (SSSR count). The Morgan fingerprint density at radius 1 is 0.838 bits per heavy atom. The Kier molecular flexibility index (Phi) is 8.53. The van der Waals surface area contributed by atoms with Crippen LogP contribution >= 0.6 is 0 Å². The van der Waals surface area contributed by atoms with Crippen LogP contribution in [0, 0.1) is 23.5 Å². The summed E-state index contributed by atoms with van der Waals surface area (Å²) < 4.78 is 102. The lowest BCUT2D eigenvalue weighted by atomic mass is 9.75. The summed E-state index contributed by atoms with van der Waals surface area (Å²) in [5.74, 6) is -2.06. The highest BCUT2D eigenvalue weighted by Crippen LogP contribution is 2.42. The summed E-state index contributed by atoms with van der Waals surface area (Å²) in [5.41, 5.74) is -0.700. The molecule has 1 aliphatic carbocycles. The van der Waals surface area contributed by atoms with Crippen molar-refractivity contribution in [1.29, 1.82) is 0 Å². The van der Waals surface area contributed by atoms with Crippen LogP contribution in [0.1, 0.15) is 75.3 Å². The third-order valence-electron chi connectivity index (χ3n) is 7.69. The quantitative estimate of drug-likeness (QED) is 0.331. The van der Waals surface area contributed by atoms with Gasteiger partial charge in [-0.3, -0.25) is 0 Å². The van der Waals surface area contributed by atoms with Crippen LogP contribution in [-0.2, 0) is 15.6 Å². The standard InChI is InChI=1S/C28H31F7O2/c1-2-3-17-4-13-25(36-16-17)21-11-9-19(10-12-21)18-5-7-20(8-6-18)22-14-23(29)26(24(30)15-22)27(31,32)37-28(33,34)35/h5-8,14-15,17,19,21,25H,2-4,9-13,16H2,1H3. The zero-order valence-corrected chi connectivity index (χ0v) is 20.6. The van der Waals surface area contributed by atoms with E-state index in [1.807, 2.05) is 12.1 Å². The molecule has 1 heterocycles. The van der Waals surface area contributed by atoms with Gasteiger partial charge in [0.1, 0.15) is 17.2 Å². The molecule has 2 aliphatic rings. The van der Waals surface area contributed by atoms with Crippen LogP contribution in [0.2, 0.25) is 0 Å². The molecule has 0 radical (unpaired) electrons. The number of rotatable bonds is 7. The van der Waals surface area contributed by atoms with E-state index >= 15 is 0 Å². The van der Waals surface area contributed by atoms with E-state index in [9.17, 15) is 30.7 Å². The van der Waals surface area contributed by atoms with Gasteiger partial charge in [0.05, 0.1) is 6.10 Å². The molecule has 0 N–H and O–H groups in total. The fourth-order valence-corrected chi connectivity index (χ4v) is 5.82. The average Bonchev–Trinajstić information content (AvgIpc) is 2.83. The lowest BCUT2D eigenvalue weighted by molar-refractivity contribution is -0.432. The Hall–Kier alpha value is -2.13. The van der Waals surface area contributed by atoms with Gasteiger partial charge >= 0.3 is 12.5 Å². The van der Waals surface area contributed by atoms with Gasteiger partial charge in [-0.1, -0.05) is 37.6 Å². The maximum Gasteiger partial charge on any atom is 0.527 e. The molecule has 204 valence electrons. The molecule has 2 unspecified atom stereocenters. The lowest BCUT2D eigenvalue weighted by Crippen LogP contribution is -2.33. The molecule has 9 heteroatoms. The fourth-order valence-electron chi connectivity index (χ4n) is 5.82. The van der Waals surface area contributed by atoms with Crippen LogP contribution in [0.3, 0.4) is 0 Å². The van der Waals surface area contributed by atoms with Crippen LogP contribution in [0.25, 0.3) is 11.1 Å². The van der Waals surface area contributed by atoms with Crippen molar-refractivity contribution < 1.29 is 40.2 Å². The van der Waals surface area contributed by atoms with E-state index in [2.05, 4.69) is 11.7 Å². The average molecular weight is 533 g/mol. The first-order chi connectivity index (χ1) is 17.5. The number of benzene rings is 2. The van der Waals surface area contributed by atoms with Crippen molar-refractivity contribution in [1.82, 2.24) is 0 Å². The molecule has 0 amide bonds. The molecule has 1 saturated carbocycles. The van der Waals surface area contributed by atoms with Crippen molar-refractivity contribution in [2.45, 2.75) is 82.8 Å². The summed E-state index contributed by atoms with van der Waals surface area (Å²) in [6.45, 7) is 3.06. The topological polar surface area (TPSA) is 18.5 Å². The monoisotopic (exact) mass is 532 g/mol. The highest BCUT2D eigenvalue weighted by atomic mass is 19.4. The number of ether oxygens (including phenoxy) is 2. The predicted molar refractivity (Wildman–Crippen MR) is 125 cm³/mol. The van der Waals surface area contributed by atoms with Crippen molar-refractivity contribution in [2.24, 2.45) is 11.8 Å². The Morgan fingerprint density at radius 3 is 1.97 bits per heavy atom. The van der Waals surface area contributed by atoms with E-state index in [-0.39, 0.29) is 5.56 Å². The Bertz CT molecular complexity index is 1010. The second-order valence-electron chi connectivity index (χ2n) is 10.2. The Balaban J connectivity index is 1.38. The third kappa shape index (κ3) is 6.85. The summed E-state index contributed by atoms with van der Waals surface area (Å²) in [6.07, 6.45) is -1.72. The van der Waals surface area contributed by atoms with Gasteiger partial charge in [0.2, 0.25) is 0 Å². The minimum atomic E-state index is -5.77. The van der Waals surface area contributed by atoms with Crippen LogP contribution in [-0.4, -0.2) is 19.1 Å². The van der Waals surface area contributed by atoms with Gasteiger partial charge in [0, 0.05) is 6.61 Å². The Labute approximate surface area is 212 Å². The van der Waals surface area contributed by atoms with Crippen molar-refractivity contribution in [3.63, 3.8) is 0 Å². The van der Waals surface area contributed by atoms with Gasteiger partial charge in [0.25, 0.3) is 0 Å². The highest BCUT2D eigenvalue weighted by molar-refractivity contribution is 5.64. The van der Waals surface area contributed by atoms with E-state index < -0.39 is 29.7 Å². The van der Waals surface area contributed by atoms with Gasteiger partial charge in [0.15, 0.2) is 0 Å². The molecule has 2 aromatic rings. The minimum Gasteiger partial charge on any atom is -0.378 e. The number of hydrogen-bond donors (Lipinski definition) is 0. The minimum absolute atomic E-state index is 0.0624. The molecular weight excluding hydrogens is 501 g/mol. The van der Waals surface area contributed by atoms with Crippen molar-refractivity contribution >= 4 is 0 Å². The molecule has 2 nitrogen and oxygen atoms in total. The smallest absolute Gasteiger partial charge is 0.378 e. The molecule has 0 bridgehead atoms. The van der Waals surface area contributed by atoms with Gasteiger partial charge < -0.3 is 4.74 Å². The van der Waals surface area contributed by atoms with Gasteiger partial charge in [-0.2, -0.15) is 8.78 Å². The van der Waals surface area contributed by atoms with E-state index in [1.165, 1.54) is 19.3 Å². The molecule has 1 saturated heterocycles. The van der Waals surface area contributed by atoms with Crippen molar-refractivity contribution in [3.8, 4) is 11.1 Å². The molecule has 0 aromatic heterocycles. The number of hydrogen-bond acceptors (Lipinski definition) is 2. The summed E-state index contributed by atoms with van der Waals surface area (Å²) in [7, 11) is 0. The first-order valence-corrected chi connectivity index (χ1v) is 12.8. The highest BCUT2D eigenvalue weighted by Gasteiger charge is 2.49. The van der Waals surface area contributed by atoms with E-state index in [4.69, 9.17) is 4.74 Å². The fraction of sp³-hybridized carbons (Fsp3) is 0.571. The molecule has 2 fully saturated rings. The first-order valence-electron chi connectivity index (χ1n) is 12.8. The molecular formula is C28H31F7O2. The van der Waals surface area contributed by atoms with E-state index in [1.54, 1.807) is 12.1 Å². The molecule has 2 atom stereocenters. The van der Waals surface area contributed by atoms with Crippen LogP contribution in [0.5, 0.6) is 0 Å². The third-order valence-corrected chi connectivity index (χ3v) is 7.69. The number of halogens is 7. The van der Waals surface area contributed by atoms with E-state index in [0.29, 0.717) is 41.6 Å². The van der Waals surface area contributed by atoms with Crippen LogP contribution in [0.4, 0.5) is 30.7 Å². The van der Waals surface area contributed by atoms with Crippen molar-refractivity contribution in [2.75, 3.05) is 6.61 Å². The van der Waals surface area contributed by atoms with Crippen molar-refractivity contribution in [3.05, 3.63) is 59.2 Å². The second-order valence-corrected chi connectivity index (χ2v) is 10.2. The second kappa shape index (κ2) is 11.3. The first kappa shape index (κ1) is 27.9. The predicted octanol–water partition coefficient (Wildman–Crippen LogP) is 9.09. The summed E-state index contributed by atoms with van der Waals surface area (Å²) in [5, 5.41) is 0. The lowest BCUT2D eigenvalue weighted by Gasteiger charge is -2.38. The van der Waals surface area contributed by atoms with Gasteiger partial charge in [-0.05, 0) is 91.5 Å². The largest absolute Gasteiger partial charge is 0.527 e. The zero-order valence-electron chi connectivity index (χ0n) is 20.6. The zero-order chi connectivity index (χ0) is 26.8. The molecule has 37 heavy (non-hydrogen) atoms. The Morgan fingerprint density at radius 2 is 1.46 bits per heavy atom. The molecule has 0 spiro atoms. The van der Waals surface area contributed by atoms with Crippen LogP contribution < -0.4 is 0 Å². The number of alkyl halides is 5. The normalized spacial score (nSPS) is 25.3. The maximum atomic E-state index is 14.3. The van der Waals surface area contributed by atoms with Gasteiger partial charge in [-0.15, -0.1) is 13.2 Å². The van der Waals surface area contributed by atoms with Gasteiger partial charge in [-0.25, -0.2) is 13.5 Å². The summed E-state index contributed by atoms with van der Waals surface area (Å²) >= 11 is 0. The maximum absolute atomic E-state index is 14.3. The molecule has 1 aliphatic heterocycles.